The van der Waals surface area contributed by atoms with Gasteiger partial charge in [-0.05, 0) is 6.07 Å². The molecule has 5 nitrogen and oxygen atoms in total. The van der Waals surface area contributed by atoms with E-state index in [2.05, 4.69) is 15.0 Å². The molecular weight excluding hydrogens is 206 g/mol. The van der Waals surface area contributed by atoms with Crippen LogP contribution in [0.1, 0.15) is 5.56 Å². The van der Waals surface area contributed by atoms with Crippen molar-refractivity contribution in [2.24, 2.45) is 0 Å². The second kappa shape index (κ2) is 4.67. The number of ether oxygens (including phenoxy) is 1. The summed E-state index contributed by atoms with van der Waals surface area (Å²) < 4.78 is 5.04. The van der Waals surface area contributed by atoms with Gasteiger partial charge in [-0.25, -0.2) is 9.97 Å². The number of aromatic hydroxyl groups is 1. The van der Waals surface area contributed by atoms with Crippen LogP contribution in [0.3, 0.4) is 0 Å². The quantitative estimate of drug-likeness (QED) is 0.841. The van der Waals surface area contributed by atoms with E-state index >= 15 is 0 Å². The summed E-state index contributed by atoms with van der Waals surface area (Å²) in [7, 11) is 1.58. The van der Waals surface area contributed by atoms with E-state index in [1.54, 1.807) is 31.8 Å². The van der Waals surface area contributed by atoms with Crippen molar-refractivity contribution in [2.75, 3.05) is 7.11 Å². The van der Waals surface area contributed by atoms with Crippen molar-refractivity contribution in [3.8, 4) is 17.1 Å². The highest BCUT2D eigenvalue weighted by atomic mass is 16.5. The van der Waals surface area contributed by atoms with Crippen LogP contribution in [0.15, 0.2) is 30.9 Å². The Morgan fingerprint density at radius 3 is 2.69 bits per heavy atom. The van der Waals surface area contributed by atoms with Gasteiger partial charge in [0.05, 0.1) is 18.4 Å². The first kappa shape index (κ1) is 10.5. The lowest BCUT2D eigenvalue weighted by atomic mass is 10.1. The van der Waals surface area contributed by atoms with E-state index in [4.69, 9.17) is 4.74 Å². The maximum absolute atomic E-state index is 9.77. The van der Waals surface area contributed by atoms with Crippen molar-refractivity contribution in [3.63, 3.8) is 0 Å². The first-order valence-electron chi connectivity index (χ1n) is 4.75. The third-order valence-corrected chi connectivity index (χ3v) is 2.09. The molecule has 0 radical (unpaired) electrons. The highest BCUT2D eigenvalue weighted by Gasteiger charge is 2.12. The fourth-order valence-corrected chi connectivity index (χ4v) is 1.44. The molecule has 0 saturated heterocycles. The van der Waals surface area contributed by atoms with Crippen molar-refractivity contribution in [3.05, 3.63) is 36.4 Å². The number of hydrogen-bond donors (Lipinski definition) is 1. The molecule has 0 aromatic carbocycles. The molecule has 0 atom stereocenters. The lowest BCUT2D eigenvalue weighted by molar-refractivity contribution is 0.184. The van der Waals surface area contributed by atoms with Crippen molar-refractivity contribution >= 4 is 0 Å². The van der Waals surface area contributed by atoms with Crippen LogP contribution in [-0.4, -0.2) is 27.2 Å². The number of nitrogens with zero attached hydrogens (tertiary/aromatic N) is 3. The van der Waals surface area contributed by atoms with E-state index in [-0.39, 0.29) is 5.75 Å². The Morgan fingerprint density at radius 1 is 1.25 bits per heavy atom. The first-order valence-corrected chi connectivity index (χ1v) is 4.75. The summed E-state index contributed by atoms with van der Waals surface area (Å²) in [6.45, 7) is 0.356. The van der Waals surface area contributed by atoms with Gasteiger partial charge in [-0.2, -0.15) is 0 Å². The minimum absolute atomic E-state index is 0.0563. The zero-order chi connectivity index (χ0) is 11.4. The number of pyridine rings is 1. The number of aromatic nitrogens is 3. The van der Waals surface area contributed by atoms with E-state index in [0.717, 1.165) is 5.56 Å². The van der Waals surface area contributed by atoms with Gasteiger partial charge in [-0.1, -0.05) is 0 Å². The summed E-state index contributed by atoms with van der Waals surface area (Å²) in [6, 6.07) is 1.72. The van der Waals surface area contributed by atoms with E-state index in [1.807, 2.05) is 0 Å². The van der Waals surface area contributed by atoms with Crippen molar-refractivity contribution < 1.29 is 9.84 Å². The van der Waals surface area contributed by atoms with E-state index in [1.165, 1.54) is 6.20 Å². The van der Waals surface area contributed by atoms with E-state index < -0.39 is 0 Å². The van der Waals surface area contributed by atoms with Crippen molar-refractivity contribution in [2.45, 2.75) is 6.61 Å². The zero-order valence-corrected chi connectivity index (χ0v) is 8.79. The van der Waals surface area contributed by atoms with Crippen LogP contribution in [0.5, 0.6) is 5.75 Å². The Hall–Kier alpha value is -2.01. The maximum Gasteiger partial charge on any atom is 0.163 e. The Labute approximate surface area is 92.8 Å². The minimum Gasteiger partial charge on any atom is -0.506 e. The fourth-order valence-electron chi connectivity index (χ4n) is 1.44. The number of hydrogen-bond acceptors (Lipinski definition) is 5. The molecule has 0 bridgehead atoms. The van der Waals surface area contributed by atoms with Gasteiger partial charge in [0, 0.05) is 31.3 Å². The maximum atomic E-state index is 9.77. The van der Waals surface area contributed by atoms with Crippen LogP contribution in [0, 0.1) is 0 Å². The molecule has 2 heterocycles. The van der Waals surface area contributed by atoms with Gasteiger partial charge in [0.15, 0.2) is 5.82 Å². The topological polar surface area (TPSA) is 68.1 Å². The molecule has 2 aromatic rings. The van der Waals surface area contributed by atoms with Gasteiger partial charge in [-0.3, -0.25) is 4.98 Å². The molecule has 0 amide bonds. The van der Waals surface area contributed by atoms with Crippen LogP contribution >= 0.6 is 0 Å². The van der Waals surface area contributed by atoms with Crippen molar-refractivity contribution in [1.29, 1.82) is 0 Å². The first-order chi connectivity index (χ1) is 7.83. The average molecular weight is 217 g/mol. The van der Waals surface area contributed by atoms with E-state index in [0.29, 0.717) is 18.0 Å². The lowest BCUT2D eigenvalue weighted by Gasteiger charge is -2.08. The van der Waals surface area contributed by atoms with Crippen LogP contribution in [0.2, 0.25) is 0 Å². The highest BCUT2D eigenvalue weighted by Crippen LogP contribution is 2.28. The third kappa shape index (κ3) is 1.99. The minimum atomic E-state index is 0.0563. The molecule has 82 valence electrons. The molecule has 5 heteroatoms. The summed E-state index contributed by atoms with van der Waals surface area (Å²) >= 11 is 0. The number of rotatable bonds is 3. The van der Waals surface area contributed by atoms with Gasteiger partial charge in [0.1, 0.15) is 5.75 Å². The van der Waals surface area contributed by atoms with Crippen LogP contribution in [0.4, 0.5) is 0 Å². The highest BCUT2D eigenvalue weighted by molar-refractivity contribution is 5.66. The lowest BCUT2D eigenvalue weighted by Crippen LogP contribution is -1.97. The van der Waals surface area contributed by atoms with Crippen molar-refractivity contribution in [1.82, 2.24) is 15.0 Å². The monoisotopic (exact) mass is 217 g/mol. The Morgan fingerprint density at radius 2 is 2.00 bits per heavy atom. The van der Waals surface area contributed by atoms with Gasteiger partial charge < -0.3 is 9.84 Å². The normalized spacial score (nSPS) is 10.3. The fraction of sp³-hybridized carbons (Fsp3) is 0.182. The summed E-state index contributed by atoms with van der Waals surface area (Å²) in [6.07, 6.45) is 6.25. The second-order valence-corrected chi connectivity index (χ2v) is 3.20. The van der Waals surface area contributed by atoms with Gasteiger partial charge >= 0.3 is 0 Å². The Balaban J connectivity index is 2.54. The zero-order valence-electron chi connectivity index (χ0n) is 8.79. The molecule has 16 heavy (non-hydrogen) atoms. The molecule has 0 saturated carbocycles. The predicted molar refractivity (Wildman–Crippen MR) is 57.6 cm³/mol. The summed E-state index contributed by atoms with van der Waals surface area (Å²) in [5, 5.41) is 9.77. The Bertz CT molecular complexity index is 474. The van der Waals surface area contributed by atoms with Gasteiger partial charge in [-0.15, -0.1) is 0 Å². The summed E-state index contributed by atoms with van der Waals surface area (Å²) in [5.41, 5.74) is 1.33. The summed E-state index contributed by atoms with van der Waals surface area (Å²) in [4.78, 5) is 12.1. The molecule has 0 unspecified atom stereocenters. The molecule has 2 aromatic heterocycles. The van der Waals surface area contributed by atoms with Gasteiger partial charge in [0.2, 0.25) is 0 Å². The van der Waals surface area contributed by atoms with E-state index in [9.17, 15) is 5.11 Å². The molecule has 0 aliphatic heterocycles. The molecule has 0 spiro atoms. The Kier molecular flexibility index (Phi) is 3.07. The molecular formula is C11H11N3O2. The van der Waals surface area contributed by atoms with Gasteiger partial charge in [0.25, 0.3) is 0 Å². The molecule has 0 aliphatic carbocycles. The van der Waals surface area contributed by atoms with Crippen LogP contribution in [-0.2, 0) is 11.3 Å². The predicted octanol–water partition coefficient (Wildman–Crippen LogP) is 1.39. The second-order valence-electron chi connectivity index (χ2n) is 3.20. The number of methoxy groups -OCH3 is 1. The van der Waals surface area contributed by atoms with Crippen LogP contribution in [0.25, 0.3) is 11.4 Å². The SMILES string of the molecule is COCc1cncc(O)c1-c1ncccn1. The molecule has 0 fully saturated rings. The standard InChI is InChI=1S/C11H11N3O2/c1-16-7-8-5-12-6-9(15)10(8)11-13-3-2-4-14-11/h2-6,15H,7H2,1H3. The molecule has 2 rings (SSSR count). The molecule has 0 aliphatic rings. The summed E-state index contributed by atoms with van der Waals surface area (Å²) in [5.74, 6) is 0.523. The smallest absolute Gasteiger partial charge is 0.163 e. The van der Waals surface area contributed by atoms with Crippen LogP contribution < -0.4 is 0 Å². The molecule has 1 N–H and O–H groups in total. The average Bonchev–Trinajstić information content (AvgIpc) is 2.31. The largest absolute Gasteiger partial charge is 0.506 e. The third-order valence-electron chi connectivity index (χ3n) is 2.09.